The molecule has 120 valence electrons. The predicted molar refractivity (Wildman–Crippen MR) is 87.8 cm³/mol. The molecule has 1 aliphatic heterocycles. The first-order valence-corrected chi connectivity index (χ1v) is 8.72. The summed E-state index contributed by atoms with van der Waals surface area (Å²) in [5, 5.41) is 12.6. The minimum atomic E-state index is 0.261. The van der Waals surface area contributed by atoms with Crippen LogP contribution in [0.3, 0.4) is 0 Å². The second kappa shape index (κ2) is 7.37. The fourth-order valence-electron chi connectivity index (χ4n) is 2.92. The van der Waals surface area contributed by atoms with Gasteiger partial charge in [-0.05, 0) is 12.5 Å². The standard InChI is InChI=1S/C16H23N3O2S/c1-2-15(10-20)19-6-4-18(5-7-19)9-14-12-22-16(17-14)13-3-8-21-11-13/h3,8,11-12,15,20H,2,4-7,9-10H2,1H3/t15-/m1/s1. The molecule has 0 unspecified atom stereocenters. The van der Waals surface area contributed by atoms with Crippen molar-refractivity contribution in [2.45, 2.75) is 25.9 Å². The van der Waals surface area contributed by atoms with Crippen molar-refractivity contribution < 1.29 is 9.52 Å². The Morgan fingerprint density at radius 3 is 2.82 bits per heavy atom. The van der Waals surface area contributed by atoms with Crippen molar-refractivity contribution in [3.8, 4) is 10.6 Å². The van der Waals surface area contributed by atoms with Crippen LogP contribution in [0.4, 0.5) is 0 Å². The zero-order chi connectivity index (χ0) is 15.4. The number of thiazole rings is 1. The molecule has 1 N–H and O–H groups in total. The zero-order valence-electron chi connectivity index (χ0n) is 12.9. The van der Waals surface area contributed by atoms with Crippen LogP contribution in [-0.4, -0.2) is 58.7 Å². The fourth-order valence-corrected chi connectivity index (χ4v) is 3.71. The van der Waals surface area contributed by atoms with E-state index in [1.165, 1.54) is 0 Å². The van der Waals surface area contributed by atoms with E-state index >= 15 is 0 Å². The highest BCUT2D eigenvalue weighted by atomic mass is 32.1. The van der Waals surface area contributed by atoms with Gasteiger partial charge in [0.2, 0.25) is 0 Å². The molecule has 0 spiro atoms. The summed E-state index contributed by atoms with van der Waals surface area (Å²) in [4.78, 5) is 9.53. The Morgan fingerprint density at radius 1 is 1.36 bits per heavy atom. The maximum absolute atomic E-state index is 9.40. The third kappa shape index (κ3) is 3.57. The lowest BCUT2D eigenvalue weighted by molar-refractivity contribution is 0.0604. The minimum absolute atomic E-state index is 0.261. The Bertz CT molecular complexity index is 558. The third-order valence-electron chi connectivity index (χ3n) is 4.31. The summed E-state index contributed by atoms with van der Waals surface area (Å²) in [6.07, 6.45) is 4.43. The number of aromatic nitrogens is 1. The van der Waals surface area contributed by atoms with Crippen LogP contribution in [0.2, 0.25) is 0 Å². The molecule has 1 saturated heterocycles. The SMILES string of the molecule is CC[C@H](CO)N1CCN(Cc2csc(-c3ccoc3)n2)CC1. The van der Waals surface area contributed by atoms with E-state index in [1.807, 2.05) is 6.07 Å². The number of piperazine rings is 1. The Morgan fingerprint density at radius 2 is 2.18 bits per heavy atom. The summed E-state index contributed by atoms with van der Waals surface area (Å²) in [7, 11) is 0. The van der Waals surface area contributed by atoms with Gasteiger partial charge in [-0.2, -0.15) is 0 Å². The second-order valence-corrected chi connectivity index (χ2v) is 6.57. The van der Waals surface area contributed by atoms with Crippen molar-refractivity contribution in [2.24, 2.45) is 0 Å². The second-order valence-electron chi connectivity index (χ2n) is 5.71. The molecule has 0 amide bonds. The lowest BCUT2D eigenvalue weighted by Gasteiger charge is -2.38. The van der Waals surface area contributed by atoms with Gasteiger partial charge in [0.15, 0.2) is 0 Å². The molecule has 0 aliphatic carbocycles. The largest absolute Gasteiger partial charge is 0.472 e. The van der Waals surface area contributed by atoms with Crippen LogP contribution >= 0.6 is 11.3 Å². The molecule has 3 heterocycles. The lowest BCUT2D eigenvalue weighted by Crippen LogP contribution is -2.50. The molecule has 6 heteroatoms. The van der Waals surface area contributed by atoms with E-state index < -0.39 is 0 Å². The molecule has 0 aromatic carbocycles. The fraction of sp³-hybridized carbons (Fsp3) is 0.562. The van der Waals surface area contributed by atoms with Crippen LogP contribution in [0, 0.1) is 0 Å². The number of hydrogen-bond donors (Lipinski definition) is 1. The quantitative estimate of drug-likeness (QED) is 0.885. The molecular weight excluding hydrogens is 298 g/mol. The molecule has 2 aromatic heterocycles. The van der Waals surface area contributed by atoms with Crippen molar-refractivity contribution in [1.29, 1.82) is 0 Å². The molecule has 0 saturated carbocycles. The maximum Gasteiger partial charge on any atom is 0.126 e. The van der Waals surface area contributed by atoms with Crippen LogP contribution in [0.1, 0.15) is 19.0 Å². The van der Waals surface area contributed by atoms with Crippen LogP contribution in [0.15, 0.2) is 28.4 Å². The van der Waals surface area contributed by atoms with Crippen molar-refractivity contribution in [1.82, 2.24) is 14.8 Å². The van der Waals surface area contributed by atoms with Crippen LogP contribution in [0.25, 0.3) is 10.6 Å². The molecule has 2 aromatic rings. The van der Waals surface area contributed by atoms with Gasteiger partial charge in [-0.25, -0.2) is 4.98 Å². The summed E-state index contributed by atoms with van der Waals surface area (Å²) in [5.74, 6) is 0. The highest BCUT2D eigenvalue weighted by molar-refractivity contribution is 7.13. The normalized spacial score (nSPS) is 18.6. The van der Waals surface area contributed by atoms with E-state index in [-0.39, 0.29) is 6.61 Å². The molecule has 22 heavy (non-hydrogen) atoms. The topological polar surface area (TPSA) is 52.7 Å². The number of rotatable bonds is 6. The molecule has 0 radical (unpaired) electrons. The Balaban J connectivity index is 1.53. The Kier molecular flexibility index (Phi) is 5.25. The van der Waals surface area contributed by atoms with Crippen LogP contribution in [-0.2, 0) is 6.54 Å². The van der Waals surface area contributed by atoms with Crippen molar-refractivity contribution in [3.63, 3.8) is 0 Å². The number of furan rings is 1. The van der Waals surface area contributed by atoms with E-state index in [0.29, 0.717) is 6.04 Å². The van der Waals surface area contributed by atoms with Gasteiger partial charge in [-0.1, -0.05) is 6.92 Å². The number of aliphatic hydroxyl groups excluding tert-OH is 1. The first-order chi connectivity index (χ1) is 10.8. The zero-order valence-corrected chi connectivity index (χ0v) is 13.8. The third-order valence-corrected chi connectivity index (χ3v) is 5.25. The van der Waals surface area contributed by atoms with Gasteiger partial charge in [0.05, 0.1) is 18.6 Å². The van der Waals surface area contributed by atoms with E-state index in [1.54, 1.807) is 23.9 Å². The molecule has 1 aliphatic rings. The minimum Gasteiger partial charge on any atom is -0.472 e. The van der Waals surface area contributed by atoms with E-state index in [4.69, 9.17) is 9.40 Å². The van der Waals surface area contributed by atoms with Gasteiger partial charge >= 0.3 is 0 Å². The smallest absolute Gasteiger partial charge is 0.126 e. The highest BCUT2D eigenvalue weighted by Crippen LogP contribution is 2.24. The first-order valence-electron chi connectivity index (χ1n) is 7.84. The monoisotopic (exact) mass is 321 g/mol. The van der Waals surface area contributed by atoms with Crippen molar-refractivity contribution in [3.05, 3.63) is 29.7 Å². The van der Waals surface area contributed by atoms with E-state index in [9.17, 15) is 5.11 Å². The molecule has 3 rings (SSSR count). The van der Waals surface area contributed by atoms with Gasteiger partial charge in [0.1, 0.15) is 11.3 Å². The maximum atomic E-state index is 9.40. The first kappa shape index (κ1) is 15.7. The highest BCUT2D eigenvalue weighted by Gasteiger charge is 2.22. The van der Waals surface area contributed by atoms with Gasteiger partial charge < -0.3 is 9.52 Å². The summed E-state index contributed by atoms with van der Waals surface area (Å²) in [5.41, 5.74) is 2.18. The molecular formula is C16H23N3O2S. The van der Waals surface area contributed by atoms with Gasteiger partial charge in [-0.15, -0.1) is 11.3 Å². The Hall–Kier alpha value is -1.21. The van der Waals surface area contributed by atoms with E-state index in [2.05, 4.69) is 22.1 Å². The number of aliphatic hydroxyl groups is 1. The van der Waals surface area contributed by atoms with Crippen LogP contribution in [0.5, 0.6) is 0 Å². The number of nitrogens with zero attached hydrogens (tertiary/aromatic N) is 3. The van der Waals surface area contributed by atoms with Crippen molar-refractivity contribution in [2.75, 3.05) is 32.8 Å². The van der Waals surface area contributed by atoms with Crippen LogP contribution < -0.4 is 0 Å². The summed E-state index contributed by atoms with van der Waals surface area (Å²) >= 11 is 1.67. The van der Waals surface area contributed by atoms with Gasteiger partial charge in [0, 0.05) is 49.7 Å². The number of hydrogen-bond acceptors (Lipinski definition) is 6. The van der Waals surface area contributed by atoms with E-state index in [0.717, 1.165) is 55.4 Å². The summed E-state index contributed by atoms with van der Waals surface area (Å²) in [6, 6.07) is 2.26. The summed E-state index contributed by atoms with van der Waals surface area (Å²) < 4.78 is 5.11. The van der Waals surface area contributed by atoms with Gasteiger partial charge in [0.25, 0.3) is 0 Å². The van der Waals surface area contributed by atoms with Crippen molar-refractivity contribution >= 4 is 11.3 Å². The molecule has 0 bridgehead atoms. The summed E-state index contributed by atoms with van der Waals surface area (Å²) in [6.45, 7) is 7.43. The lowest BCUT2D eigenvalue weighted by atomic mass is 10.1. The molecule has 1 atom stereocenters. The average molecular weight is 321 g/mol. The Labute approximate surface area is 135 Å². The predicted octanol–water partition coefficient (Wildman–Crippen LogP) is 2.29. The molecule has 1 fully saturated rings. The van der Waals surface area contributed by atoms with Gasteiger partial charge in [-0.3, -0.25) is 9.80 Å². The molecule has 5 nitrogen and oxygen atoms in total. The average Bonchev–Trinajstić information content (AvgIpc) is 3.21.